The quantitative estimate of drug-likeness (QED) is 0.255. The number of hydrogen-bond acceptors (Lipinski definition) is 5. The average molecular weight is 481 g/mol. The van der Waals surface area contributed by atoms with Crippen molar-refractivity contribution < 1.29 is 9.13 Å². The van der Waals surface area contributed by atoms with E-state index in [9.17, 15) is 9.18 Å². The lowest BCUT2D eigenvalue weighted by Gasteiger charge is -2.24. The molecule has 0 bridgehead atoms. The van der Waals surface area contributed by atoms with Gasteiger partial charge in [-0.1, -0.05) is 24.3 Å². The molecule has 1 fully saturated rings. The van der Waals surface area contributed by atoms with Gasteiger partial charge in [-0.05, 0) is 72.5 Å². The fourth-order valence-electron chi connectivity index (χ4n) is 5.10. The summed E-state index contributed by atoms with van der Waals surface area (Å²) >= 11 is 0. The normalized spacial score (nSPS) is 14.5. The van der Waals surface area contributed by atoms with Crippen LogP contribution in [0.1, 0.15) is 35.6 Å². The molecular formula is C29H25FN4O2. The Kier molecular flexibility index (Phi) is 5.77. The summed E-state index contributed by atoms with van der Waals surface area (Å²) in [7, 11) is 0. The molecule has 1 saturated heterocycles. The van der Waals surface area contributed by atoms with E-state index in [1.54, 1.807) is 23.2 Å². The Hall–Kier alpha value is -3.97. The number of aryl methyl sites for hydroxylation is 1. The first kappa shape index (κ1) is 22.5. The summed E-state index contributed by atoms with van der Waals surface area (Å²) in [6, 6.07) is 15.7. The SMILES string of the molecule is Cc1cnc(F)c(-c2cc(Cc3cc4c(=O)n(C5CCOCC5)cnc4c4ccccc34)ccn2)c1. The van der Waals surface area contributed by atoms with Crippen LogP contribution in [0.15, 0.2) is 72.0 Å². The Bertz CT molecular complexity index is 1660. The van der Waals surface area contributed by atoms with Gasteiger partial charge in [-0.3, -0.25) is 14.3 Å². The Balaban J connectivity index is 1.47. The van der Waals surface area contributed by atoms with Crippen molar-refractivity contribution in [3.63, 3.8) is 0 Å². The molecule has 4 heterocycles. The molecule has 0 atom stereocenters. The Morgan fingerprint density at radius 3 is 2.64 bits per heavy atom. The van der Waals surface area contributed by atoms with Crippen molar-refractivity contribution in [1.29, 1.82) is 0 Å². The molecule has 5 aromatic rings. The predicted octanol–water partition coefficient (Wildman–Crippen LogP) is 5.40. The molecule has 6 rings (SSSR count). The van der Waals surface area contributed by atoms with E-state index in [1.165, 1.54) is 6.20 Å². The van der Waals surface area contributed by atoms with Gasteiger partial charge in [0.15, 0.2) is 0 Å². The van der Waals surface area contributed by atoms with E-state index in [4.69, 9.17) is 9.72 Å². The van der Waals surface area contributed by atoms with Crippen LogP contribution < -0.4 is 5.56 Å². The van der Waals surface area contributed by atoms with Gasteiger partial charge in [0.1, 0.15) is 0 Å². The third-order valence-corrected chi connectivity index (χ3v) is 6.93. The molecule has 0 radical (unpaired) electrons. The monoisotopic (exact) mass is 480 g/mol. The molecular weight excluding hydrogens is 455 g/mol. The van der Waals surface area contributed by atoms with E-state index in [0.29, 0.717) is 41.8 Å². The molecule has 0 unspecified atom stereocenters. The van der Waals surface area contributed by atoms with Crippen LogP contribution in [-0.4, -0.2) is 32.7 Å². The third-order valence-electron chi connectivity index (χ3n) is 6.93. The number of hydrogen-bond donors (Lipinski definition) is 0. The van der Waals surface area contributed by atoms with Crippen molar-refractivity contribution in [2.75, 3.05) is 13.2 Å². The van der Waals surface area contributed by atoms with Crippen molar-refractivity contribution >= 4 is 21.7 Å². The lowest BCUT2D eigenvalue weighted by Crippen LogP contribution is -2.29. The Morgan fingerprint density at radius 1 is 1.00 bits per heavy atom. The molecule has 180 valence electrons. The number of halogens is 1. The third kappa shape index (κ3) is 4.05. The van der Waals surface area contributed by atoms with Gasteiger partial charge in [0.05, 0.1) is 28.5 Å². The van der Waals surface area contributed by atoms with Crippen molar-refractivity contribution in [1.82, 2.24) is 19.5 Å². The van der Waals surface area contributed by atoms with Crippen molar-refractivity contribution in [3.8, 4) is 11.3 Å². The standard InChI is InChI=1S/C29H25FN4O2/c1-18-12-24(28(30)32-16-18)26-14-19(6-9-31-26)13-20-15-25-27(23-5-3-2-4-22(20)23)33-17-34(29(25)35)21-7-10-36-11-8-21/h2-6,9,12,14-17,21H,7-8,10-11,13H2,1H3. The highest BCUT2D eigenvalue weighted by atomic mass is 19.1. The summed E-state index contributed by atoms with van der Waals surface area (Å²) in [6.45, 7) is 3.18. The zero-order chi connectivity index (χ0) is 24.6. The van der Waals surface area contributed by atoms with Gasteiger partial charge in [0, 0.05) is 37.0 Å². The smallest absolute Gasteiger partial charge is 0.261 e. The topological polar surface area (TPSA) is 69.9 Å². The first-order chi connectivity index (χ1) is 17.6. The molecule has 0 saturated carbocycles. The number of aromatic nitrogens is 4. The molecule has 0 amide bonds. The second kappa shape index (κ2) is 9.24. The summed E-state index contributed by atoms with van der Waals surface area (Å²) in [5.74, 6) is -0.541. The molecule has 2 aromatic carbocycles. The van der Waals surface area contributed by atoms with Crippen LogP contribution in [-0.2, 0) is 11.2 Å². The molecule has 3 aromatic heterocycles. The molecule has 0 N–H and O–H groups in total. The van der Waals surface area contributed by atoms with Gasteiger partial charge >= 0.3 is 0 Å². The minimum Gasteiger partial charge on any atom is -0.381 e. The van der Waals surface area contributed by atoms with E-state index in [1.807, 2.05) is 43.3 Å². The molecule has 6 nitrogen and oxygen atoms in total. The van der Waals surface area contributed by atoms with Crippen molar-refractivity contribution in [2.24, 2.45) is 0 Å². The van der Waals surface area contributed by atoms with Gasteiger partial charge in [0.2, 0.25) is 5.95 Å². The minimum atomic E-state index is -0.541. The molecule has 1 aliphatic rings. The van der Waals surface area contributed by atoms with Crippen LogP contribution in [0.4, 0.5) is 4.39 Å². The fourth-order valence-corrected chi connectivity index (χ4v) is 5.10. The fraction of sp³-hybridized carbons (Fsp3) is 0.241. The number of nitrogens with zero attached hydrogens (tertiary/aromatic N) is 4. The maximum atomic E-state index is 14.4. The van der Waals surface area contributed by atoms with E-state index in [-0.39, 0.29) is 11.6 Å². The lowest BCUT2D eigenvalue weighted by molar-refractivity contribution is 0.0685. The Labute approximate surface area is 207 Å². The van der Waals surface area contributed by atoms with Gasteiger partial charge < -0.3 is 4.74 Å². The van der Waals surface area contributed by atoms with E-state index < -0.39 is 5.95 Å². The molecule has 0 spiro atoms. The first-order valence-electron chi connectivity index (χ1n) is 12.1. The minimum absolute atomic E-state index is 0.0257. The van der Waals surface area contributed by atoms with Gasteiger partial charge in [-0.2, -0.15) is 4.39 Å². The average Bonchev–Trinajstić information content (AvgIpc) is 2.91. The van der Waals surface area contributed by atoms with Crippen LogP contribution in [0.2, 0.25) is 0 Å². The van der Waals surface area contributed by atoms with Crippen LogP contribution in [0.25, 0.3) is 32.9 Å². The van der Waals surface area contributed by atoms with Crippen LogP contribution in [0, 0.1) is 12.9 Å². The van der Waals surface area contributed by atoms with Crippen molar-refractivity contribution in [3.05, 3.63) is 100 Å². The second-order valence-electron chi connectivity index (χ2n) is 9.36. The molecule has 0 aliphatic carbocycles. The highest BCUT2D eigenvalue weighted by Crippen LogP contribution is 2.29. The van der Waals surface area contributed by atoms with Crippen molar-refractivity contribution in [2.45, 2.75) is 32.2 Å². The van der Waals surface area contributed by atoms with Gasteiger partial charge in [0.25, 0.3) is 5.56 Å². The van der Waals surface area contributed by atoms with E-state index in [0.717, 1.165) is 40.3 Å². The summed E-state index contributed by atoms with van der Waals surface area (Å²) < 4.78 is 21.7. The Morgan fingerprint density at radius 2 is 1.81 bits per heavy atom. The second-order valence-corrected chi connectivity index (χ2v) is 9.36. The van der Waals surface area contributed by atoms with Gasteiger partial charge in [-0.25, -0.2) is 9.97 Å². The molecule has 1 aliphatic heterocycles. The zero-order valence-corrected chi connectivity index (χ0v) is 19.9. The first-order valence-corrected chi connectivity index (χ1v) is 12.1. The zero-order valence-electron chi connectivity index (χ0n) is 19.9. The van der Waals surface area contributed by atoms with E-state index >= 15 is 0 Å². The number of fused-ring (bicyclic) bond motifs is 3. The van der Waals surface area contributed by atoms with Crippen LogP contribution in [0.3, 0.4) is 0 Å². The summed E-state index contributed by atoms with van der Waals surface area (Å²) in [5, 5.41) is 2.60. The maximum Gasteiger partial charge on any atom is 0.261 e. The number of rotatable bonds is 4. The predicted molar refractivity (Wildman–Crippen MR) is 138 cm³/mol. The van der Waals surface area contributed by atoms with E-state index in [2.05, 4.69) is 16.0 Å². The highest BCUT2D eigenvalue weighted by molar-refractivity contribution is 6.06. The number of ether oxygens (including phenoxy) is 1. The number of benzene rings is 2. The largest absolute Gasteiger partial charge is 0.381 e. The van der Waals surface area contributed by atoms with Crippen LogP contribution in [0.5, 0.6) is 0 Å². The highest BCUT2D eigenvalue weighted by Gasteiger charge is 2.20. The lowest BCUT2D eigenvalue weighted by atomic mass is 9.95. The van der Waals surface area contributed by atoms with Gasteiger partial charge in [-0.15, -0.1) is 0 Å². The van der Waals surface area contributed by atoms with Crippen LogP contribution >= 0.6 is 0 Å². The maximum absolute atomic E-state index is 14.4. The summed E-state index contributed by atoms with van der Waals surface area (Å²) in [6.07, 6.45) is 7.06. The number of pyridine rings is 2. The molecule has 7 heteroatoms. The molecule has 36 heavy (non-hydrogen) atoms. The summed E-state index contributed by atoms with van der Waals surface area (Å²) in [5.41, 5.74) is 4.46. The summed E-state index contributed by atoms with van der Waals surface area (Å²) in [4.78, 5) is 26.6.